The molecule has 2 aromatic rings. The third-order valence-electron chi connectivity index (χ3n) is 4.90. The molecule has 0 spiro atoms. The van der Waals surface area contributed by atoms with E-state index in [2.05, 4.69) is 10.3 Å². The maximum absolute atomic E-state index is 12.6. The van der Waals surface area contributed by atoms with Crippen molar-refractivity contribution >= 4 is 27.4 Å². The predicted octanol–water partition coefficient (Wildman–Crippen LogP) is 1.76. The van der Waals surface area contributed by atoms with Crippen molar-refractivity contribution in [3.05, 3.63) is 42.6 Å². The molecule has 0 radical (unpaired) electrons. The van der Waals surface area contributed by atoms with Crippen molar-refractivity contribution in [3.63, 3.8) is 0 Å². The zero-order valence-corrected chi connectivity index (χ0v) is 17.5. The number of likely N-dealkylation sites (N-methyl/N-ethyl adjacent to an activating group) is 1. The number of aromatic amines is 1. The minimum absolute atomic E-state index is 0.136. The van der Waals surface area contributed by atoms with Gasteiger partial charge in [-0.15, -0.1) is 0 Å². The second kappa shape index (κ2) is 9.23. The average molecular weight is 420 g/mol. The van der Waals surface area contributed by atoms with Gasteiger partial charge in [-0.2, -0.15) is 4.31 Å². The third kappa shape index (κ3) is 5.04. The van der Waals surface area contributed by atoms with Crippen LogP contribution in [0.25, 0.3) is 0 Å². The van der Waals surface area contributed by atoms with E-state index in [1.165, 1.54) is 10.5 Å². The molecule has 1 aliphatic heterocycles. The predicted molar refractivity (Wildman–Crippen MR) is 111 cm³/mol. The number of hydrogen-bond donors (Lipinski definition) is 1. The first-order valence-corrected chi connectivity index (χ1v) is 11.1. The fraction of sp³-hybridized carbons (Fsp3) is 0.400. The molecular formula is C20H27N4O4S+. The Morgan fingerprint density at radius 1 is 1.17 bits per heavy atom. The average Bonchev–Trinajstić information content (AvgIpc) is 3.28. The third-order valence-corrected chi connectivity index (χ3v) is 6.80. The Morgan fingerprint density at radius 2 is 1.86 bits per heavy atom. The van der Waals surface area contributed by atoms with Crippen LogP contribution in [0.3, 0.4) is 0 Å². The highest BCUT2D eigenvalue weighted by molar-refractivity contribution is 7.89. The molecular weight excluding hydrogens is 392 g/mol. The Bertz CT molecular complexity index is 924. The van der Waals surface area contributed by atoms with E-state index in [0.717, 1.165) is 18.6 Å². The number of pyridine rings is 1. The molecule has 0 saturated carbocycles. The molecule has 1 saturated heterocycles. The minimum Gasteiger partial charge on any atom is -0.497 e. The van der Waals surface area contributed by atoms with E-state index in [1.807, 2.05) is 11.8 Å². The lowest BCUT2D eigenvalue weighted by Gasteiger charge is -2.17. The van der Waals surface area contributed by atoms with E-state index in [-0.39, 0.29) is 17.3 Å². The highest BCUT2D eigenvalue weighted by Crippen LogP contribution is 2.21. The van der Waals surface area contributed by atoms with Crippen molar-refractivity contribution in [2.45, 2.75) is 24.7 Å². The quantitative estimate of drug-likeness (QED) is 0.704. The van der Waals surface area contributed by atoms with Crippen LogP contribution in [0.2, 0.25) is 0 Å². The number of aromatic nitrogens is 1. The Kier molecular flexibility index (Phi) is 6.71. The van der Waals surface area contributed by atoms with Gasteiger partial charge < -0.3 is 10.1 Å². The van der Waals surface area contributed by atoms with Crippen LogP contribution in [0.5, 0.6) is 5.75 Å². The standard InChI is InChI=1S/C20H26N4O4S/c1-3-23(15-20(25)22-16-6-8-17(28-2)9-7-16)19-11-10-18(14-21-19)29(26,27)24-12-4-5-13-24/h6-11,14H,3-5,12-13,15H2,1-2H3,(H,22,25)/p+1. The molecule has 0 bridgehead atoms. The molecule has 1 aliphatic rings. The molecule has 156 valence electrons. The Labute approximate surface area is 171 Å². The fourth-order valence-electron chi connectivity index (χ4n) is 3.25. The van der Waals surface area contributed by atoms with Crippen molar-refractivity contribution in [2.75, 3.05) is 43.5 Å². The second-order valence-electron chi connectivity index (χ2n) is 6.81. The number of carbonyl (C=O) groups is 1. The molecule has 29 heavy (non-hydrogen) atoms. The number of anilines is 2. The van der Waals surface area contributed by atoms with Crippen LogP contribution in [-0.2, 0) is 14.8 Å². The highest BCUT2D eigenvalue weighted by Gasteiger charge is 2.28. The zero-order valence-electron chi connectivity index (χ0n) is 16.7. The summed E-state index contributed by atoms with van der Waals surface area (Å²) in [7, 11) is -1.88. The molecule has 1 amide bonds. The van der Waals surface area contributed by atoms with Gasteiger partial charge in [-0.05, 0) is 50.1 Å². The van der Waals surface area contributed by atoms with Crippen LogP contribution < -0.4 is 19.9 Å². The first-order valence-electron chi connectivity index (χ1n) is 9.65. The summed E-state index contributed by atoms with van der Waals surface area (Å²) in [5.41, 5.74) is 0.683. The molecule has 2 heterocycles. The monoisotopic (exact) mass is 419 g/mol. The van der Waals surface area contributed by atoms with Crippen LogP contribution >= 0.6 is 0 Å². The number of benzene rings is 1. The number of carbonyl (C=O) groups excluding carboxylic acids is 1. The topological polar surface area (TPSA) is 93.1 Å². The lowest BCUT2D eigenvalue weighted by molar-refractivity contribution is -0.367. The summed E-state index contributed by atoms with van der Waals surface area (Å²) in [6, 6.07) is 10.4. The first-order chi connectivity index (χ1) is 13.9. The first kappa shape index (κ1) is 21.1. The van der Waals surface area contributed by atoms with Gasteiger partial charge in [-0.1, -0.05) is 0 Å². The van der Waals surface area contributed by atoms with Gasteiger partial charge in [0.25, 0.3) is 11.7 Å². The summed E-state index contributed by atoms with van der Waals surface area (Å²) < 4.78 is 31.9. The Balaban J connectivity index is 1.65. The van der Waals surface area contributed by atoms with Gasteiger partial charge in [0.15, 0.2) is 6.54 Å². The summed E-state index contributed by atoms with van der Waals surface area (Å²) in [5.74, 6) is 1.23. The maximum atomic E-state index is 12.6. The molecule has 8 nitrogen and oxygen atoms in total. The fourth-order valence-corrected chi connectivity index (χ4v) is 4.74. The van der Waals surface area contributed by atoms with Crippen LogP contribution in [0, 0.1) is 0 Å². The molecule has 9 heteroatoms. The number of sulfonamides is 1. The summed E-state index contributed by atoms with van der Waals surface area (Å²) >= 11 is 0. The number of rotatable bonds is 8. The van der Waals surface area contributed by atoms with Crippen molar-refractivity contribution in [3.8, 4) is 5.75 Å². The van der Waals surface area contributed by atoms with Gasteiger partial charge in [0.2, 0.25) is 10.0 Å². The molecule has 0 atom stereocenters. The minimum atomic E-state index is -3.46. The van der Waals surface area contributed by atoms with E-state index in [1.54, 1.807) is 43.5 Å². The molecule has 0 unspecified atom stereocenters. The van der Waals surface area contributed by atoms with Crippen molar-refractivity contribution in [1.82, 2.24) is 4.31 Å². The summed E-state index contributed by atoms with van der Waals surface area (Å²) in [5, 5.41) is 2.85. The number of nitrogens with zero attached hydrogens (tertiary/aromatic N) is 2. The van der Waals surface area contributed by atoms with Gasteiger partial charge in [0.1, 0.15) is 16.8 Å². The van der Waals surface area contributed by atoms with Crippen molar-refractivity contribution in [1.29, 1.82) is 0 Å². The number of amides is 1. The van der Waals surface area contributed by atoms with Crippen LogP contribution in [0.15, 0.2) is 47.5 Å². The molecule has 1 aromatic carbocycles. The number of ether oxygens (including phenoxy) is 1. The van der Waals surface area contributed by atoms with Crippen LogP contribution in [0.4, 0.5) is 11.5 Å². The molecule has 2 N–H and O–H groups in total. The zero-order chi connectivity index (χ0) is 20.9. The number of methoxy groups -OCH3 is 1. The van der Waals surface area contributed by atoms with Gasteiger partial charge in [0.05, 0.1) is 13.7 Å². The largest absolute Gasteiger partial charge is 0.497 e. The summed E-state index contributed by atoms with van der Waals surface area (Å²) in [6.45, 7) is 3.79. The molecule has 0 aliphatic carbocycles. The number of H-pyrrole nitrogens is 1. The lowest BCUT2D eigenvalue weighted by Crippen LogP contribution is -2.37. The summed E-state index contributed by atoms with van der Waals surface area (Å²) in [4.78, 5) is 17.5. The molecule has 1 aromatic heterocycles. The SMILES string of the molecule is CCN(CC(=O)Nc1ccc(OC)cc1)c1ccc(S(=O)(=O)N2CCCC2)c[nH+]1. The van der Waals surface area contributed by atoms with Crippen molar-refractivity contribution in [2.24, 2.45) is 0 Å². The van der Waals surface area contributed by atoms with Crippen molar-refractivity contribution < 1.29 is 22.9 Å². The van der Waals surface area contributed by atoms with Gasteiger partial charge in [-0.3, -0.25) is 9.69 Å². The normalized spacial score (nSPS) is 14.6. The number of hydrogen-bond acceptors (Lipinski definition) is 5. The van der Waals surface area contributed by atoms with Gasteiger partial charge in [-0.25, -0.2) is 13.4 Å². The van der Waals surface area contributed by atoms with E-state index < -0.39 is 10.0 Å². The van der Waals surface area contributed by atoms with E-state index in [4.69, 9.17) is 4.74 Å². The van der Waals surface area contributed by atoms with Crippen LogP contribution in [0.1, 0.15) is 19.8 Å². The second-order valence-corrected chi connectivity index (χ2v) is 8.75. The number of nitrogens with one attached hydrogen (secondary N) is 2. The maximum Gasteiger partial charge on any atom is 0.274 e. The van der Waals surface area contributed by atoms with E-state index >= 15 is 0 Å². The Hall–Kier alpha value is -2.65. The van der Waals surface area contributed by atoms with Gasteiger partial charge >= 0.3 is 0 Å². The summed E-state index contributed by atoms with van der Waals surface area (Å²) in [6.07, 6.45) is 3.29. The van der Waals surface area contributed by atoms with E-state index in [0.29, 0.717) is 31.1 Å². The Morgan fingerprint density at radius 3 is 2.41 bits per heavy atom. The van der Waals surface area contributed by atoms with Gasteiger partial charge in [0, 0.05) is 24.8 Å². The van der Waals surface area contributed by atoms with Crippen LogP contribution in [-0.4, -0.2) is 51.9 Å². The highest BCUT2D eigenvalue weighted by atomic mass is 32.2. The molecule has 3 rings (SSSR count). The van der Waals surface area contributed by atoms with E-state index in [9.17, 15) is 13.2 Å². The lowest BCUT2D eigenvalue weighted by atomic mass is 10.3. The smallest absolute Gasteiger partial charge is 0.274 e. The molecule has 1 fully saturated rings.